The number of nitriles is 2. The van der Waals surface area contributed by atoms with Crippen LogP contribution in [0, 0.1) is 29.6 Å². The molecule has 6 rings (SSSR count). The third kappa shape index (κ3) is 5.93. The Bertz CT molecular complexity index is 1680. The van der Waals surface area contributed by atoms with E-state index in [0.717, 1.165) is 42.9 Å². The summed E-state index contributed by atoms with van der Waals surface area (Å²) in [6.07, 6.45) is 5.64. The summed E-state index contributed by atoms with van der Waals surface area (Å²) in [5.74, 6) is 0.205. The maximum atomic E-state index is 12.6. The number of hydrogen-bond donors (Lipinski definition) is 0. The van der Waals surface area contributed by atoms with Crippen molar-refractivity contribution in [3.05, 3.63) is 71.4 Å². The number of anilines is 2. The zero-order chi connectivity index (χ0) is 31.5. The first-order valence-electron chi connectivity index (χ1n) is 16.0. The van der Waals surface area contributed by atoms with Gasteiger partial charge in [-0.25, -0.2) is 4.98 Å². The number of amides is 1. The molecule has 2 saturated heterocycles. The minimum Gasteiger partial charge on any atom is -0.475 e. The quantitative estimate of drug-likeness (QED) is 0.350. The number of piperidine rings is 1. The molecular formula is C36H41N7O2. The summed E-state index contributed by atoms with van der Waals surface area (Å²) in [6, 6.07) is 17.5. The minimum absolute atomic E-state index is 0.172. The van der Waals surface area contributed by atoms with E-state index >= 15 is 0 Å². The molecular weight excluding hydrogens is 562 g/mol. The average molecular weight is 604 g/mol. The van der Waals surface area contributed by atoms with Gasteiger partial charge in [-0.2, -0.15) is 10.5 Å². The van der Waals surface area contributed by atoms with E-state index < -0.39 is 0 Å². The molecule has 3 aromatic rings. The molecule has 2 atom stereocenters. The number of carbonyl (C=O) groups is 1. The van der Waals surface area contributed by atoms with Gasteiger partial charge in [0.05, 0.1) is 36.5 Å². The number of carbonyl (C=O) groups excluding carboxylic acids is 1. The number of fused-ring (bicyclic) bond motifs is 2. The van der Waals surface area contributed by atoms with Crippen LogP contribution in [0.3, 0.4) is 0 Å². The number of benzene rings is 2. The summed E-state index contributed by atoms with van der Waals surface area (Å²) in [7, 11) is 2.13. The van der Waals surface area contributed by atoms with Crippen LogP contribution in [0.25, 0.3) is 10.8 Å². The molecule has 3 aliphatic rings. The van der Waals surface area contributed by atoms with Gasteiger partial charge >= 0.3 is 0 Å². The van der Waals surface area contributed by atoms with E-state index in [1.807, 2.05) is 0 Å². The first kappa shape index (κ1) is 30.4. The van der Waals surface area contributed by atoms with Crippen molar-refractivity contribution in [2.24, 2.45) is 0 Å². The van der Waals surface area contributed by atoms with Crippen molar-refractivity contribution in [2.45, 2.75) is 57.7 Å². The van der Waals surface area contributed by atoms with Crippen LogP contribution in [0.4, 0.5) is 11.4 Å². The van der Waals surface area contributed by atoms with Gasteiger partial charge in [0.2, 0.25) is 11.8 Å². The normalized spacial score (nSPS) is 20.3. The molecule has 0 N–H and O–H groups in total. The number of likely N-dealkylation sites (N-methyl/N-ethyl adjacent to an activating group) is 1. The third-order valence-electron chi connectivity index (χ3n) is 9.75. The third-order valence-corrected chi connectivity index (χ3v) is 9.75. The molecule has 0 spiro atoms. The van der Waals surface area contributed by atoms with E-state index in [9.17, 15) is 15.3 Å². The Morgan fingerprint density at radius 2 is 1.91 bits per heavy atom. The van der Waals surface area contributed by atoms with Crippen LogP contribution in [0.2, 0.25) is 0 Å². The predicted molar refractivity (Wildman–Crippen MR) is 176 cm³/mol. The topological polar surface area (TPSA) is 99.7 Å². The Balaban J connectivity index is 1.40. The first-order valence-corrected chi connectivity index (χ1v) is 16.0. The highest BCUT2D eigenvalue weighted by Crippen LogP contribution is 2.40. The van der Waals surface area contributed by atoms with Gasteiger partial charge in [0.1, 0.15) is 18.2 Å². The van der Waals surface area contributed by atoms with Crippen molar-refractivity contribution in [2.75, 3.05) is 56.2 Å². The summed E-state index contributed by atoms with van der Waals surface area (Å²) < 4.78 is 6.47. The SMILES string of the molecule is C=CC(=O)N1CCN(c2c(C#N)c(OC[C@H]3CCCCN3C)nc3c2CCN(c2cccc4cccc(C)c24)C3)C[C@@H]1CC#N. The van der Waals surface area contributed by atoms with E-state index in [4.69, 9.17) is 9.72 Å². The van der Waals surface area contributed by atoms with Crippen molar-refractivity contribution in [3.63, 3.8) is 0 Å². The maximum Gasteiger partial charge on any atom is 0.246 e. The summed E-state index contributed by atoms with van der Waals surface area (Å²) in [4.78, 5) is 26.4. The zero-order valence-electron chi connectivity index (χ0n) is 26.3. The smallest absolute Gasteiger partial charge is 0.246 e. The Kier molecular flexibility index (Phi) is 8.91. The van der Waals surface area contributed by atoms with Crippen molar-refractivity contribution >= 4 is 28.1 Å². The van der Waals surface area contributed by atoms with Gasteiger partial charge in [0.25, 0.3) is 0 Å². The zero-order valence-corrected chi connectivity index (χ0v) is 26.3. The summed E-state index contributed by atoms with van der Waals surface area (Å²) in [6.45, 7) is 10.1. The molecule has 45 heavy (non-hydrogen) atoms. The van der Waals surface area contributed by atoms with Crippen LogP contribution in [0.15, 0.2) is 49.1 Å². The molecule has 232 valence electrons. The average Bonchev–Trinajstić information content (AvgIpc) is 3.06. The van der Waals surface area contributed by atoms with Gasteiger partial charge < -0.3 is 24.3 Å². The van der Waals surface area contributed by atoms with Gasteiger partial charge in [0, 0.05) is 48.9 Å². The highest BCUT2D eigenvalue weighted by atomic mass is 16.5. The standard InChI is InChI=1S/C36H41N7O2/c1-4-33(44)43-20-19-42(22-27(43)14-16-37)35-29-15-18-41(32-13-8-11-26-10-7-9-25(2)34(26)32)23-31(29)39-36(30(35)21-38)45-24-28-12-5-6-17-40(28)3/h4,7-11,13,27-28H,1,5-6,12,14-15,17-20,22-24H2,2-3H3/t27-,28+/m0/s1. The van der Waals surface area contributed by atoms with Crippen LogP contribution < -0.4 is 14.5 Å². The van der Waals surface area contributed by atoms with Gasteiger partial charge in [-0.15, -0.1) is 0 Å². The summed E-state index contributed by atoms with van der Waals surface area (Å²) in [5, 5.41) is 22.7. The van der Waals surface area contributed by atoms with E-state index in [-0.39, 0.29) is 24.4 Å². The van der Waals surface area contributed by atoms with Crippen molar-refractivity contribution in [1.82, 2.24) is 14.8 Å². The van der Waals surface area contributed by atoms with Gasteiger partial charge in [-0.05, 0) is 62.9 Å². The number of hydrogen-bond acceptors (Lipinski definition) is 8. The molecule has 2 fully saturated rings. The number of nitrogens with zero attached hydrogens (tertiary/aromatic N) is 7. The number of aromatic nitrogens is 1. The fourth-order valence-corrected chi connectivity index (χ4v) is 7.34. The predicted octanol–water partition coefficient (Wildman–Crippen LogP) is 4.96. The van der Waals surface area contributed by atoms with Crippen LogP contribution in [-0.2, 0) is 17.8 Å². The van der Waals surface area contributed by atoms with Crippen LogP contribution in [0.5, 0.6) is 5.88 Å². The molecule has 0 unspecified atom stereocenters. The molecule has 3 aliphatic heterocycles. The molecule has 0 bridgehead atoms. The maximum absolute atomic E-state index is 12.6. The number of pyridine rings is 1. The number of rotatable bonds is 7. The number of ether oxygens (including phenoxy) is 1. The molecule has 9 nitrogen and oxygen atoms in total. The lowest BCUT2D eigenvalue weighted by molar-refractivity contribution is -0.128. The van der Waals surface area contributed by atoms with Crippen molar-refractivity contribution in [3.8, 4) is 18.0 Å². The molecule has 2 aromatic carbocycles. The van der Waals surface area contributed by atoms with E-state index in [1.54, 1.807) is 4.90 Å². The molecule has 0 saturated carbocycles. The highest BCUT2D eigenvalue weighted by Gasteiger charge is 2.35. The largest absolute Gasteiger partial charge is 0.475 e. The fourth-order valence-electron chi connectivity index (χ4n) is 7.34. The Hall–Kier alpha value is -4.60. The highest BCUT2D eigenvalue weighted by molar-refractivity contribution is 5.97. The number of piperazine rings is 1. The molecule has 1 aromatic heterocycles. The molecule has 0 radical (unpaired) electrons. The lowest BCUT2D eigenvalue weighted by atomic mass is 9.95. The first-order chi connectivity index (χ1) is 21.9. The fraction of sp³-hybridized carbons (Fsp3) is 0.444. The lowest BCUT2D eigenvalue weighted by Gasteiger charge is -2.43. The van der Waals surface area contributed by atoms with Crippen LogP contribution in [0.1, 0.15) is 48.1 Å². The van der Waals surface area contributed by atoms with Gasteiger partial charge in [-0.3, -0.25) is 4.79 Å². The molecule has 9 heteroatoms. The molecule has 0 aliphatic carbocycles. The van der Waals surface area contributed by atoms with Crippen molar-refractivity contribution in [1.29, 1.82) is 10.5 Å². The summed E-state index contributed by atoms with van der Waals surface area (Å²) in [5.41, 5.74) is 5.67. The second-order valence-corrected chi connectivity index (χ2v) is 12.4. The second-order valence-electron chi connectivity index (χ2n) is 12.4. The molecule has 1 amide bonds. The van der Waals surface area contributed by atoms with E-state index in [0.29, 0.717) is 44.2 Å². The summed E-state index contributed by atoms with van der Waals surface area (Å²) >= 11 is 0. The Labute approximate surface area is 265 Å². The van der Waals surface area contributed by atoms with E-state index in [1.165, 1.54) is 40.9 Å². The van der Waals surface area contributed by atoms with Gasteiger partial charge in [0.15, 0.2) is 0 Å². The lowest BCUT2D eigenvalue weighted by Crippen LogP contribution is -2.55. The van der Waals surface area contributed by atoms with Crippen LogP contribution in [-0.4, -0.2) is 79.2 Å². The van der Waals surface area contributed by atoms with E-state index in [2.05, 4.69) is 83.8 Å². The Morgan fingerprint density at radius 3 is 2.67 bits per heavy atom. The van der Waals surface area contributed by atoms with Crippen molar-refractivity contribution < 1.29 is 9.53 Å². The van der Waals surface area contributed by atoms with Gasteiger partial charge in [-0.1, -0.05) is 43.3 Å². The number of likely N-dealkylation sites (tertiary alicyclic amines) is 1. The van der Waals surface area contributed by atoms with Crippen LogP contribution >= 0.6 is 0 Å². The Morgan fingerprint density at radius 1 is 1.09 bits per heavy atom. The molecule has 4 heterocycles. The minimum atomic E-state index is -0.302. The second kappa shape index (κ2) is 13.2. The number of aryl methyl sites for hydroxylation is 1. The monoisotopic (exact) mass is 603 g/mol.